The third-order valence-corrected chi connectivity index (χ3v) is 3.62. The Kier molecular flexibility index (Phi) is 4.79. The summed E-state index contributed by atoms with van der Waals surface area (Å²) in [4.78, 5) is 5.63. The molecule has 0 atom stereocenters. The normalized spacial score (nSPS) is 12.0. The van der Waals surface area contributed by atoms with Crippen molar-refractivity contribution < 1.29 is 13.2 Å². The molecule has 0 radical (unpaired) electrons. The Labute approximate surface area is 124 Å². The summed E-state index contributed by atoms with van der Waals surface area (Å²) in [5.41, 5.74) is 1.48. The summed E-state index contributed by atoms with van der Waals surface area (Å²) >= 11 is 1.40. The lowest BCUT2D eigenvalue weighted by Crippen LogP contribution is -2.34. The summed E-state index contributed by atoms with van der Waals surface area (Å²) in [5.74, 6) is 0. The number of alkyl halides is 3. The van der Waals surface area contributed by atoms with E-state index in [1.165, 1.54) is 22.3 Å². The van der Waals surface area contributed by atoms with Gasteiger partial charge in [0.05, 0.1) is 18.4 Å². The van der Waals surface area contributed by atoms with Crippen molar-refractivity contribution in [3.63, 3.8) is 0 Å². The van der Waals surface area contributed by atoms with Gasteiger partial charge in [0, 0.05) is 37.3 Å². The van der Waals surface area contributed by atoms with Crippen LogP contribution in [0.25, 0.3) is 10.6 Å². The highest BCUT2D eigenvalue weighted by atomic mass is 32.1. The van der Waals surface area contributed by atoms with E-state index in [2.05, 4.69) is 16.7 Å². The molecule has 2 aromatic heterocycles. The van der Waals surface area contributed by atoms with Crippen LogP contribution in [-0.4, -0.2) is 38.9 Å². The van der Waals surface area contributed by atoms with Crippen LogP contribution in [-0.2, 0) is 13.6 Å². The SMILES string of the molecule is C=CCN(Cc1csc(-c2cnn(C)c2)n1)CC(F)(F)F. The van der Waals surface area contributed by atoms with E-state index in [1.807, 2.05) is 6.20 Å². The molecule has 2 aromatic rings. The van der Waals surface area contributed by atoms with Gasteiger partial charge in [-0.1, -0.05) is 6.08 Å². The highest BCUT2D eigenvalue weighted by Crippen LogP contribution is 2.24. The van der Waals surface area contributed by atoms with Crippen molar-refractivity contribution in [1.82, 2.24) is 19.7 Å². The largest absolute Gasteiger partial charge is 0.401 e. The van der Waals surface area contributed by atoms with Crippen LogP contribution >= 0.6 is 11.3 Å². The van der Waals surface area contributed by atoms with Crippen LogP contribution in [0, 0.1) is 0 Å². The second-order valence-corrected chi connectivity index (χ2v) is 5.48. The van der Waals surface area contributed by atoms with Crippen molar-refractivity contribution in [2.24, 2.45) is 7.05 Å². The van der Waals surface area contributed by atoms with Crippen LogP contribution in [0.2, 0.25) is 0 Å². The van der Waals surface area contributed by atoms with Crippen molar-refractivity contribution in [3.8, 4) is 10.6 Å². The molecule has 0 bridgehead atoms. The third kappa shape index (κ3) is 4.68. The van der Waals surface area contributed by atoms with Crippen LogP contribution in [0.5, 0.6) is 0 Å². The number of hydrogen-bond acceptors (Lipinski definition) is 4. The predicted molar refractivity (Wildman–Crippen MR) is 75.8 cm³/mol. The quantitative estimate of drug-likeness (QED) is 0.768. The average Bonchev–Trinajstić information content (AvgIpc) is 2.96. The topological polar surface area (TPSA) is 34.0 Å². The molecule has 2 heterocycles. The van der Waals surface area contributed by atoms with E-state index in [1.54, 1.807) is 23.3 Å². The Hall–Kier alpha value is -1.67. The lowest BCUT2D eigenvalue weighted by Gasteiger charge is -2.20. The minimum atomic E-state index is -4.23. The molecule has 0 aliphatic heterocycles. The van der Waals surface area contributed by atoms with Gasteiger partial charge < -0.3 is 0 Å². The molecule has 0 spiro atoms. The third-order valence-electron chi connectivity index (χ3n) is 2.68. The Balaban J connectivity index is 2.07. The second kappa shape index (κ2) is 6.40. The molecular weight excluding hydrogens is 301 g/mol. The Morgan fingerprint density at radius 1 is 1.48 bits per heavy atom. The van der Waals surface area contributed by atoms with Crippen molar-refractivity contribution in [2.75, 3.05) is 13.1 Å². The molecule has 0 unspecified atom stereocenters. The number of hydrogen-bond donors (Lipinski definition) is 0. The fourth-order valence-electron chi connectivity index (χ4n) is 1.89. The first-order valence-electron chi connectivity index (χ1n) is 6.21. The van der Waals surface area contributed by atoms with Gasteiger partial charge in [0.15, 0.2) is 0 Å². The zero-order valence-electron chi connectivity index (χ0n) is 11.5. The molecule has 21 heavy (non-hydrogen) atoms. The average molecular weight is 316 g/mol. The van der Waals surface area contributed by atoms with Crippen molar-refractivity contribution in [2.45, 2.75) is 12.7 Å². The summed E-state index contributed by atoms with van der Waals surface area (Å²) < 4.78 is 39.2. The summed E-state index contributed by atoms with van der Waals surface area (Å²) in [7, 11) is 1.80. The molecule has 114 valence electrons. The van der Waals surface area contributed by atoms with Gasteiger partial charge in [0.25, 0.3) is 0 Å². The zero-order valence-corrected chi connectivity index (χ0v) is 12.3. The van der Waals surface area contributed by atoms with Gasteiger partial charge in [-0.3, -0.25) is 9.58 Å². The molecule has 8 heteroatoms. The smallest absolute Gasteiger partial charge is 0.285 e. The first kappa shape index (κ1) is 15.7. The summed E-state index contributed by atoms with van der Waals surface area (Å²) in [5, 5.41) is 6.58. The van der Waals surface area contributed by atoms with Crippen LogP contribution in [0.4, 0.5) is 13.2 Å². The molecule has 0 aliphatic carbocycles. The molecule has 0 aromatic carbocycles. The second-order valence-electron chi connectivity index (χ2n) is 4.62. The van der Waals surface area contributed by atoms with Gasteiger partial charge in [-0.15, -0.1) is 17.9 Å². The van der Waals surface area contributed by atoms with Gasteiger partial charge in [-0.2, -0.15) is 18.3 Å². The number of nitrogens with zero attached hydrogens (tertiary/aromatic N) is 4. The van der Waals surface area contributed by atoms with Crippen molar-refractivity contribution >= 4 is 11.3 Å². The van der Waals surface area contributed by atoms with E-state index in [9.17, 15) is 13.2 Å². The van der Waals surface area contributed by atoms with Gasteiger partial charge in [-0.05, 0) is 0 Å². The lowest BCUT2D eigenvalue weighted by molar-refractivity contribution is -0.145. The molecule has 0 saturated heterocycles. The monoisotopic (exact) mass is 316 g/mol. The maximum atomic E-state index is 12.5. The maximum Gasteiger partial charge on any atom is 0.401 e. The predicted octanol–water partition coefficient (Wildman–Crippen LogP) is 3.09. The summed E-state index contributed by atoms with van der Waals surface area (Å²) in [6.45, 7) is 2.82. The molecule has 4 nitrogen and oxygen atoms in total. The van der Waals surface area contributed by atoms with E-state index in [-0.39, 0.29) is 13.1 Å². The molecule has 0 saturated carbocycles. The minimum absolute atomic E-state index is 0.141. The number of aryl methyl sites for hydroxylation is 1. The number of aromatic nitrogens is 3. The van der Waals surface area contributed by atoms with Crippen LogP contribution in [0.15, 0.2) is 30.4 Å². The molecule has 0 amide bonds. The van der Waals surface area contributed by atoms with Crippen molar-refractivity contribution in [3.05, 3.63) is 36.1 Å². The molecule has 0 aliphatic rings. The summed E-state index contributed by atoms with van der Waals surface area (Å²) in [6, 6.07) is 0. The number of halogens is 3. The molecule has 0 N–H and O–H groups in total. The zero-order chi connectivity index (χ0) is 15.5. The lowest BCUT2D eigenvalue weighted by atomic mass is 10.3. The molecular formula is C13H15F3N4S. The Bertz CT molecular complexity index is 603. The van der Waals surface area contributed by atoms with E-state index in [0.717, 1.165) is 10.6 Å². The highest BCUT2D eigenvalue weighted by molar-refractivity contribution is 7.13. The standard InChI is InChI=1S/C13H15F3N4S/c1-3-4-20(9-13(14,15)16)7-11-8-21-12(18-11)10-5-17-19(2)6-10/h3,5-6,8H,1,4,7,9H2,2H3. The van der Waals surface area contributed by atoms with Crippen LogP contribution in [0.3, 0.4) is 0 Å². The van der Waals surface area contributed by atoms with Gasteiger partial charge in [-0.25, -0.2) is 4.98 Å². The van der Waals surface area contributed by atoms with Crippen LogP contribution < -0.4 is 0 Å². The first-order valence-corrected chi connectivity index (χ1v) is 7.09. The molecule has 0 fully saturated rings. The minimum Gasteiger partial charge on any atom is -0.285 e. The first-order chi connectivity index (χ1) is 9.87. The van der Waals surface area contributed by atoms with Gasteiger partial charge in [0.1, 0.15) is 5.01 Å². The van der Waals surface area contributed by atoms with E-state index < -0.39 is 12.7 Å². The van der Waals surface area contributed by atoms with E-state index in [4.69, 9.17) is 0 Å². The molecule has 2 rings (SSSR count). The fourth-order valence-corrected chi connectivity index (χ4v) is 2.68. The maximum absolute atomic E-state index is 12.5. The Morgan fingerprint density at radius 3 is 2.81 bits per heavy atom. The fraction of sp³-hybridized carbons (Fsp3) is 0.385. The summed E-state index contributed by atoms with van der Waals surface area (Å²) in [6.07, 6.45) is 0.727. The van der Waals surface area contributed by atoms with Gasteiger partial charge in [0.2, 0.25) is 0 Å². The van der Waals surface area contributed by atoms with Crippen LogP contribution in [0.1, 0.15) is 5.69 Å². The Morgan fingerprint density at radius 2 is 2.24 bits per heavy atom. The number of thiazole rings is 1. The highest BCUT2D eigenvalue weighted by Gasteiger charge is 2.30. The number of rotatable bonds is 6. The van der Waals surface area contributed by atoms with Gasteiger partial charge >= 0.3 is 6.18 Å². The van der Waals surface area contributed by atoms with E-state index >= 15 is 0 Å². The van der Waals surface area contributed by atoms with Crippen molar-refractivity contribution in [1.29, 1.82) is 0 Å². The van der Waals surface area contributed by atoms with E-state index in [0.29, 0.717) is 5.69 Å².